The molecule has 2 atom stereocenters. The molecule has 0 radical (unpaired) electrons. The lowest BCUT2D eigenvalue weighted by Crippen LogP contribution is -2.29. The van der Waals surface area contributed by atoms with Gasteiger partial charge in [-0.05, 0) is 37.9 Å². The Morgan fingerprint density at radius 1 is 1.26 bits per heavy atom. The highest BCUT2D eigenvalue weighted by Gasteiger charge is 2.20. The fourth-order valence-electron chi connectivity index (χ4n) is 2.34. The molecule has 0 aliphatic heterocycles. The van der Waals surface area contributed by atoms with Crippen LogP contribution in [0, 0.1) is 6.92 Å². The van der Waals surface area contributed by atoms with Crippen molar-refractivity contribution in [1.82, 2.24) is 15.1 Å². The molecule has 2 unspecified atom stereocenters. The van der Waals surface area contributed by atoms with Gasteiger partial charge in [-0.1, -0.05) is 37.3 Å². The van der Waals surface area contributed by atoms with Crippen molar-refractivity contribution in [3.8, 4) is 0 Å². The molecule has 19 heavy (non-hydrogen) atoms. The van der Waals surface area contributed by atoms with Crippen molar-refractivity contribution < 1.29 is 0 Å². The molecule has 0 aliphatic rings. The second-order valence-electron chi connectivity index (χ2n) is 5.08. The fourth-order valence-corrected chi connectivity index (χ4v) is 2.34. The average molecular weight is 257 g/mol. The summed E-state index contributed by atoms with van der Waals surface area (Å²) in [4.78, 5) is 0. The molecule has 0 spiro atoms. The summed E-state index contributed by atoms with van der Waals surface area (Å²) in [6.07, 6.45) is 5.15. The van der Waals surface area contributed by atoms with E-state index in [2.05, 4.69) is 72.4 Å². The lowest BCUT2D eigenvalue weighted by molar-refractivity contribution is 0.354. The van der Waals surface area contributed by atoms with Crippen molar-refractivity contribution in [3.63, 3.8) is 0 Å². The molecule has 1 aromatic heterocycles. The van der Waals surface area contributed by atoms with Crippen LogP contribution in [0.3, 0.4) is 0 Å². The maximum atomic E-state index is 4.45. The fraction of sp³-hybridized carbons (Fsp3) is 0.438. The van der Waals surface area contributed by atoms with E-state index in [1.165, 1.54) is 11.1 Å². The summed E-state index contributed by atoms with van der Waals surface area (Å²) >= 11 is 0. The zero-order valence-corrected chi connectivity index (χ0v) is 12.0. The molecule has 2 aromatic rings. The van der Waals surface area contributed by atoms with Gasteiger partial charge in [-0.15, -0.1) is 0 Å². The van der Waals surface area contributed by atoms with E-state index in [4.69, 9.17) is 0 Å². The first-order valence-corrected chi connectivity index (χ1v) is 7.01. The topological polar surface area (TPSA) is 29.9 Å². The summed E-state index contributed by atoms with van der Waals surface area (Å²) in [5, 5.41) is 8.08. The van der Waals surface area contributed by atoms with Gasteiger partial charge in [0.05, 0.1) is 18.3 Å². The maximum Gasteiger partial charge on any atom is 0.0685 e. The second kappa shape index (κ2) is 6.53. The molecule has 1 N–H and O–H groups in total. The van der Waals surface area contributed by atoms with Gasteiger partial charge < -0.3 is 5.32 Å². The molecule has 2 rings (SSSR count). The minimum atomic E-state index is 0.292. The van der Waals surface area contributed by atoms with Gasteiger partial charge in [-0.2, -0.15) is 5.10 Å². The van der Waals surface area contributed by atoms with Crippen LogP contribution < -0.4 is 5.32 Å². The SMILES string of the molecule is CCCNC(c1ccccc1)C(C)n1cc(C)cn1. The van der Waals surface area contributed by atoms with Crippen LogP contribution in [-0.4, -0.2) is 16.3 Å². The van der Waals surface area contributed by atoms with E-state index in [0.29, 0.717) is 12.1 Å². The quantitative estimate of drug-likeness (QED) is 0.858. The van der Waals surface area contributed by atoms with Crippen molar-refractivity contribution in [2.75, 3.05) is 6.54 Å². The first-order valence-electron chi connectivity index (χ1n) is 7.01. The van der Waals surface area contributed by atoms with Crippen molar-refractivity contribution >= 4 is 0 Å². The highest BCUT2D eigenvalue weighted by molar-refractivity contribution is 5.20. The Hall–Kier alpha value is -1.61. The lowest BCUT2D eigenvalue weighted by atomic mass is 10.0. The number of hydrogen-bond acceptors (Lipinski definition) is 2. The molecule has 0 saturated heterocycles. The van der Waals surface area contributed by atoms with Gasteiger partial charge in [-0.3, -0.25) is 4.68 Å². The highest BCUT2D eigenvalue weighted by Crippen LogP contribution is 2.25. The summed E-state index contributed by atoms with van der Waals surface area (Å²) in [6, 6.07) is 11.2. The van der Waals surface area contributed by atoms with Crippen LogP contribution in [0.15, 0.2) is 42.7 Å². The summed E-state index contributed by atoms with van der Waals surface area (Å²) in [7, 11) is 0. The monoisotopic (exact) mass is 257 g/mol. The van der Waals surface area contributed by atoms with Gasteiger partial charge in [0, 0.05) is 6.20 Å². The van der Waals surface area contributed by atoms with Crippen molar-refractivity contribution in [2.24, 2.45) is 0 Å². The summed E-state index contributed by atoms with van der Waals surface area (Å²) in [5.74, 6) is 0. The average Bonchev–Trinajstić information content (AvgIpc) is 2.87. The van der Waals surface area contributed by atoms with Crippen molar-refractivity contribution in [1.29, 1.82) is 0 Å². The van der Waals surface area contributed by atoms with E-state index >= 15 is 0 Å². The summed E-state index contributed by atoms with van der Waals surface area (Å²) in [5.41, 5.74) is 2.52. The molecule has 3 heteroatoms. The van der Waals surface area contributed by atoms with Gasteiger partial charge in [0.15, 0.2) is 0 Å². The Morgan fingerprint density at radius 3 is 2.58 bits per heavy atom. The zero-order valence-electron chi connectivity index (χ0n) is 12.0. The molecule has 0 amide bonds. The Balaban J connectivity index is 2.22. The van der Waals surface area contributed by atoms with Crippen LogP contribution in [0.4, 0.5) is 0 Å². The number of nitrogens with zero attached hydrogens (tertiary/aromatic N) is 2. The minimum Gasteiger partial charge on any atom is -0.308 e. The van der Waals surface area contributed by atoms with Crippen molar-refractivity contribution in [2.45, 2.75) is 39.3 Å². The zero-order chi connectivity index (χ0) is 13.7. The number of benzene rings is 1. The largest absolute Gasteiger partial charge is 0.308 e. The maximum absolute atomic E-state index is 4.45. The van der Waals surface area contributed by atoms with E-state index in [0.717, 1.165) is 13.0 Å². The van der Waals surface area contributed by atoms with E-state index < -0.39 is 0 Å². The van der Waals surface area contributed by atoms with Gasteiger partial charge in [0.25, 0.3) is 0 Å². The Labute approximate surface area is 115 Å². The lowest BCUT2D eigenvalue weighted by Gasteiger charge is -2.26. The molecule has 0 bridgehead atoms. The van der Waals surface area contributed by atoms with E-state index in [1.807, 2.05) is 6.20 Å². The van der Waals surface area contributed by atoms with Gasteiger partial charge in [0.2, 0.25) is 0 Å². The van der Waals surface area contributed by atoms with Gasteiger partial charge in [-0.25, -0.2) is 0 Å². The van der Waals surface area contributed by atoms with Crippen molar-refractivity contribution in [3.05, 3.63) is 53.9 Å². The molecule has 102 valence electrons. The first-order chi connectivity index (χ1) is 9.22. The molecule has 0 saturated carbocycles. The Bertz CT molecular complexity index is 490. The first kappa shape index (κ1) is 13.8. The van der Waals surface area contributed by atoms with Gasteiger partial charge in [0.1, 0.15) is 0 Å². The number of hydrogen-bond donors (Lipinski definition) is 1. The van der Waals surface area contributed by atoms with Crippen LogP contribution >= 0.6 is 0 Å². The predicted octanol–water partition coefficient (Wildman–Crippen LogP) is 3.49. The molecular weight excluding hydrogens is 234 g/mol. The molecule has 0 aliphatic carbocycles. The number of rotatable bonds is 6. The predicted molar refractivity (Wildman–Crippen MR) is 79.2 cm³/mol. The third kappa shape index (κ3) is 3.44. The summed E-state index contributed by atoms with van der Waals surface area (Å²) in [6.45, 7) is 7.50. The summed E-state index contributed by atoms with van der Waals surface area (Å²) < 4.78 is 2.05. The number of nitrogens with one attached hydrogen (secondary N) is 1. The molecule has 0 fully saturated rings. The van der Waals surface area contributed by atoms with Crippen LogP contribution in [0.5, 0.6) is 0 Å². The third-order valence-electron chi connectivity index (χ3n) is 3.40. The second-order valence-corrected chi connectivity index (χ2v) is 5.08. The van der Waals surface area contributed by atoms with E-state index in [-0.39, 0.29) is 0 Å². The minimum absolute atomic E-state index is 0.292. The number of aromatic nitrogens is 2. The van der Waals surface area contributed by atoms with Crippen LogP contribution in [0.25, 0.3) is 0 Å². The highest BCUT2D eigenvalue weighted by atomic mass is 15.3. The number of aryl methyl sites for hydroxylation is 1. The Kier molecular flexibility index (Phi) is 4.74. The molecule has 1 heterocycles. The van der Waals surface area contributed by atoms with Crippen LogP contribution in [0.1, 0.15) is 43.5 Å². The van der Waals surface area contributed by atoms with Gasteiger partial charge >= 0.3 is 0 Å². The van der Waals surface area contributed by atoms with E-state index in [1.54, 1.807) is 0 Å². The van der Waals surface area contributed by atoms with E-state index in [9.17, 15) is 0 Å². The van der Waals surface area contributed by atoms with Crippen LogP contribution in [-0.2, 0) is 0 Å². The third-order valence-corrected chi connectivity index (χ3v) is 3.40. The normalized spacial score (nSPS) is 14.3. The molecule has 3 nitrogen and oxygen atoms in total. The Morgan fingerprint density at radius 2 is 2.00 bits per heavy atom. The van der Waals surface area contributed by atoms with Crippen LogP contribution in [0.2, 0.25) is 0 Å². The standard InChI is InChI=1S/C16H23N3/c1-4-10-17-16(15-8-6-5-7-9-15)14(3)19-12-13(2)11-18-19/h5-9,11-12,14,16-17H,4,10H2,1-3H3. The molecule has 1 aromatic carbocycles. The smallest absolute Gasteiger partial charge is 0.0685 e. The molecular formula is C16H23N3.